The maximum Gasteiger partial charge on any atom is 0.249 e. The first-order valence-corrected chi connectivity index (χ1v) is 15.0. The number of para-hydroxylation sites is 1. The number of aromatic nitrogens is 1. The van der Waals surface area contributed by atoms with Gasteiger partial charge in [0.25, 0.3) is 0 Å². The number of hydroxylamine groups is 1. The second kappa shape index (κ2) is 14.8. The number of nitrogens with one attached hydrogen (secondary N) is 2. The summed E-state index contributed by atoms with van der Waals surface area (Å²) in [6.07, 6.45) is 10.5. The molecule has 1 aromatic carbocycles. The molecular weight excluding hydrogens is 520 g/mol. The molecule has 0 spiro atoms. The quantitative estimate of drug-likeness (QED) is 0.358. The lowest BCUT2D eigenvalue weighted by Gasteiger charge is -2.30. The van der Waals surface area contributed by atoms with Gasteiger partial charge in [0.15, 0.2) is 6.29 Å². The van der Waals surface area contributed by atoms with Crippen molar-refractivity contribution in [1.82, 2.24) is 15.9 Å². The molecule has 3 rings (SSSR count). The molecule has 10 nitrogen and oxygen atoms in total. The summed E-state index contributed by atoms with van der Waals surface area (Å²) in [5.74, 6) is -2.72. The maximum absolute atomic E-state index is 13.7. The standard InChI is InChI=1S/C28H38N4O6S/c1-21(2)19-25(27(33)30-32(39(3,35)36)23-13-5-4-6-14-23)24(15-9-11-22-12-10-17-29-20-22)28(34)31-38-26-16-7-8-18-37-26/h4-6,9-14,17,20-21,24-26H,7-8,15-16,18-19H2,1-3H3,(H,30,33)(H,31,34)/t24?,25-,26?/m1/s1. The van der Waals surface area contributed by atoms with Crippen molar-refractivity contribution < 1.29 is 27.6 Å². The largest absolute Gasteiger partial charge is 0.350 e. The molecule has 0 saturated carbocycles. The fourth-order valence-electron chi connectivity index (χ4n) is 4.33. The van der Waals surface area contributed by atoms with Crippen LogP contribution in [0, 0.1) is 17.8 Å². The molecule has 0 bridgehead atoms. The third-order valence-electron chi connectivity index (χ3n) is 6.23. The molecule has 11 heteroatoms. The van der Waals surface area contributed by atoms with E-state index < -0.39 is 40.0 Å². The zero-order valence-electron chi connectivity index (χ0n) is 22.7. The van der Waals surface area contributed by atoms with Crippen LogP contribution in [-0.4, -0.2) is 44.4 Å². The molecule has 2 unspecified atom stereocenters. The van der Waals surface area contributed by atoms with Crippen LogP contribution in [0.4, 0.5) is 5.69 Å². The molecule has 1 fully saturated rings. The number of hydrogen-bond acceptors (Lipinski definition) is 7. The predicted octanol–water partition coefficient (Wildman–Crippen LogP) is 3.84. The van der Waals surface area contributed by atoms with E-state index in [4.69, 9.17) is 9.57 Å². The van der Waals surface area contributed by atoms with Gasteiger partial charge in [0.1, 0.15) is 0 Å². The van der Waals surface area contributed by atoms with Gasteiger partial charge in [0, 0.05) is 25.4 Å². The van der Waals surface area contributed by atoms with Crippen LogP contribution in [-0.2, 0) is 29.2 Å². The molecule has 1 aliphatic rings. The monoisotopic (exact) mass is 558 g/mol. The van der Waals surface area contributed by atoms with Crippen molar-refractivity contribution in [2.75, 3.05) is 17.3 Å². The van der Waals surface area contributed by atoms with Crippen LogP contribution in [0.3, 0.4) is 0 Å². The molecule has 1 aromatic heterocycles. The SMILES string of the molecule is CC(C)C[C@@H](C(=O)NN(c1ccccc1)S(C)(=O)=O)C(CC=Cc1cccnc1)C(=O)NOC1CCCCO1. The second-order valence-electron chi connectivity index (χ2n) is 9.99. The third-order valence-corrected chi connectivity index (χ3v) is 7.20. The average Bonchev–Trinajstić information content (AvgIpc) is 2.92. The first kappa shape index (κ1) is 30.3. The van der Waals surface area contributed by atoms with Crippen LogP contribution in [0.15, 0.2) is 60.9 Å². The highest BCUT2D eigenvalue weighted by Crippen LogP contribution is 2.27. The Morgan fingerprint density at radius 2 is 1.90 bits per heavy atom. The zero-order chi connectivity index (χ0) is 28.3. The second-order valence-corrected chi connectivity index (χ2v) is 11.8. The number of hydrogen-bond donors (Lipinski definition) is 2. The first-order valence-electron chi connectivity index (χ1n) is 13.1. The van der Waals surface area contributed by atoms with Crippen molar-refractivity contribution in [1.29, 1.82) is 0 Å². The first-order chi connectivity index (χ1) is 18.6. The highest BCUT2D eigenvalue weighted by atomic mass is 32.2. The van der Waals surface area contributed by atoms with Crippen molar-refractivity contribution in [3.63, 3.8) is 0 Å². The molecule has 0 radical (unpaired) electrons. The summed E-state index contributed by atoms with van der Waals surface area (Å²) in [4.78, 5) is 36.8. The minimum absolute atomic E-state index is 0.0457. The number of carbonyl (C=O) groups is 2. The Kier molecular flexibility index (Phi) is 11.5. The Morgan fingerprint density at radius 1 is 1.13 bits per heavy atom. The van der Waals surface area contributed by atoms with E-state index in [0.29, 0.717) is 19.4 Å². The number of rotatable bonds is 13. The average molecular weight is 559 g/mol. The number of carbonyl (C=O) groups excluding carboxylic acids is 2. The van der Waals surface area contributed by atoms with Crippen LogP contribution in [0.5, 0.6) is 0 Å². The lowest BCUT2D eigenvalue weighted by molar-refractivity contribution is -0.203. The number of benzene rings is 1. The number of pyridine rings is 1. The normalized spacial score (nSPS) is 17.5. The highest BCUT2D eigenvalue weighted by Gasteiger charge is 2.36. The Hall–Kier alpha value is -3.28. The van der Waals surface area contributed by atoms with Crippen LogP contribution in [0.1, 0.15) is 51.5 Å². The van der Waals surface area contributed by atoms with Gasteiger partial charge < -0.3 is 4.74 Å². The summed E-state index contributed by atoms with van der Waals surface area (Å²) in [6, 6.07) is 11.9. The van der Waals surface area contributed by atoms with Gasteiger partial charge in [-0.3, -0.25) is 20.0 Å². The van der Waals surface area contributed by atoms with Crippen LogP contribution < -0.4 is 15.3 Å². The summed E-state index contributed by atoms with van der Waals surface area (Å²) < 4.78 is 31.6. The van der Waals surface area contributed by atoms with E-state index in [1.807, 2.05) is 32.1 Å². The van der Waals surface area contributed by atoms with E-state index in [2.05, 4.69) is 15.9 Å². The van der Waals surface area contributed by atoms with E-state index in [-0.39, 0.29) is 18.0 Å². The van der Waals surface area contributed by atoms with Crippen molar-refractivity contribution >= 4 is 33.6 Å². The maximum atomic E-state index is 13.7. The molecule has 2 aromatic rings. The minimum Gasteiger partial charge on any atom is -0.350 e. The van der Waals surface area contributed by atoms with E-state index >= 15 is 0 Å². The molecule has 1 aliphatic heterocycles. The Balaban J connectivity index is 1.86. The zero-order valence-corrected chi connectivity index (χ0v) is 23.5. The highest BCUT2D eigenvalue weighted by molar-refractivity contribution is 7.92. The molecule has 2 amide bonds. The van der Waals surface area contributed by atoms with Gasteiger partial charge in [0.2, 0.25) is 21.8 Å². The van der Waals surface area contributed by atoms with Gasteiger partial charge in [-0.2, -0.15) is 4.41 Å². The molecule has 0 aliphatic carbocycles. The van der Waals surface area contributed by atoms with Gasteiger partial charge in [0.05, 0.1) is 23.8 Å². The molecular formula is C28H38N4O6S. The number of nitrogens with zero attached hydrogens (tertiary/aromatic N) is 2. The minimum atomic E-state index is -3.86. The Bertz CT molecular complexity index is 1190. The number of hydrazine groups is 1. The lowest BCUT2D eigenvalue weighted by atomic mass is 9.82. The molecule has 1 saturated heterocycles. The topological polar surface area (TPSA) is 127 Å². The molecule has 3 atom stereocenters. The number of anilines is 1. The lowest BCUT2D eigenvalue weighted by Crippen LogP contribution is -2.51. The summed E-state index contributed by atoms with van der Waals surface area (Å²) >= 11 is 0. The summed E-state index contributed by atoms with van der Waals surface area (Å²) in [6.45, 7) is 4.44. The fourth-order valence-corrected chi connectivity index (χ4v) is 5.09. The van der Waals surface area contributed by atoms with Crippen molar-refractivity contribution in [3.05, 3.63) is 66.5 Å². The van der Waals surface area contributed by atoms with E-state index in [1.54, 1.807) is 48.8 Å². The van der Waals surface area contributed by atoms with Gasteiger partial charge in [-0.05, 0) is 55.4 Å². The number of amides is 2. The van der Waals surface area contributed by atoms with Gasteiger partial charge >= 0.3 is 0 Å². The molecule has 212 valence electrons. The van der Waals surface area contributed by atoms with Crippen LogP contribution >= 0.6 is 0 Å². The summed E-state index contributed by atoms with van der Waals surface area (Å²) in [7, 11) is -3.86. The Morgan fingerprint density at radius 3 is 2.51 bits per heavy atom. The third kappa shape index (κ3) is 9.76. The Labute approximate surface area is 230 Å². The van der Waals surface area contributed by atoms with Crippen molar-refractivity contribution in [2.24, 2.45) is 17.8 Å². The van der Waals surface area contributed by atoms with Crippen LogP contribution in [0.25, 0.3) is 6.08 Å². The number of allylic oxidation sites excluding steroid dienone is 1. The summed E-state index contributed by atoms with van der Waals surface area (Å²) in [5, 5.41) is 0. The van der Waals surface area contributed by atoms with Gasteiger partial charge in [-0.15, -0.1) is 0 Å². The summed E-state index contributed by atoms with van der Waals surface area (Å²) in [5.41, 5.74) is 6.19. The van der Waals surface area contributed by atoms with Crippen LogP contribution in [0.2, 0.25) is 0 Å². The molecule has 2 N–H and O–H groups in total. The molecule has 39 heavy (non-hydrogen) atoms. The smallest absolute Gasteiger partial charge is 0.249 e. The van der Waals surface area contributed by atoms with E-state index in [9.17, 15) is 18.0 Å². The van der Waals surface area contributed by atoms with Crippen molar-refractivity contribution in [3.8, 4) is 0 Å². The van der Waals surface area contributed by atoms with Gasteiger partial charge in [-0.1, -0.05) is 50.3 Å². The number of ether oxygens (including phenoxy) is 1. The number of sulfonamides is 1. The predicted molar refractivity (Wildman–Crippen MR) is 149 cm³/mol. The van der Waals surface area contributed by atoms with Gasteiger partial charge in [-0.25, -0.2) is 18.7 Å². The molecule has 2 heterocycles. The van der Waals surface area contributed by atoms with E-state index in [0.717, 1.165) is 29.1 Å². The van der Waals surface area contributed by atoms with E-state index in [1.165, 1.54) is 0 Å². The fraction of sp³-hybridized carbons (Fsp3) is 0.464. The van der Waals surface area contributed by atoms with Crippen molar-refractivity contribution in [2.45, 2.75) is 52.2 Å².